The monoisotopic (exact) mass is 419 g/mol. The lowest BCUT2D eigenvalue weighted by molar-refractivity contribution is 0.568. The number of hydrogen-bond acceptors (Lipinski definition) is 6. The summed E-state index contributed by atoms with van der Waals surface area (Å²) < 4.78 is 54.2. The second-order valence-electron chi connectivity index (χ2n) is 4.62. The number of halogens is 3. The zero-order valence-corrected chi connectivity index (χ0v) is 15.3. The fourth-order valence-electron chi connectivity index (χ4n) is 1.84. The number of benzene rings is 2. The van der Waals surface area contributed by atoms with Gasteiger partial charge >= 0.3 is 0 Å². The largest absolute Gasteiger partial charge is 0.266 e. The normalized spacial score (nSPS) is 11.5. The lowest BCUT2D eigenvalue weighted by atomic mass is 10.3. The quantitative estimate of drug-likeness (QED) is 0.662. The summed E-state index contributed by atoms with van der Waals surface area (Å²) in [5.74, 6) is -1.43. The maximum absolute atomic E-state index is 14.3. The Kier molecular flexibility index (Phi) is 5.23. The topological polar surface area (TPSA) is 72.0 Å². The average Bonchev–Trinajstić information content (AvgIpc) is 3.02. The third kappa shape index (κ3) is 4.27. The molecule has 0 aliphatic rings. The minimum absolute atomic E-state index is 0.00809. The number of sulfonamides is 1. The van der Waals surface area contributed by atoms with Crippen molar-refractivity contribution in [2.75, 3.05) is 4.72 Å². The first-order valence-electron chi connectivity index (χ1n) is 6.56. The van der Waals surface area contributed by atoms with Gasteiger partial charge in [-0.2, -0.15) is 0 Å². The van der Waals surface area contributed by atoms with Crippen LogP contribution in [0.1, 0.15) is 0 Å². The standard InChI is InChI=1S/C14H8ClF2N3O2S3/c15-10-5-13(25(21,22)20-14-19-18-7-23-14)11(17)6-12(10)24-9-3-1-2-8(16)4-9/h1-7H,(H,19,20). The van der Waals surface area contributed by atoms with E-state index in [2.05, 4.69) is 14.9 Å². The Hall–Kier alpha value is -1.75. The Morgan fingerprint density at radius 1 is 1.20 bits per heavy atom. The maximum atomic E-state index is 14.3. The van der Waals surface area contributed by atoms with Crippen LogP contribution in [0.15, 0.2) is 56.6 Å². The number of anilines is 1. The predicted molar refractivity (Wildman–Crippen MR) is 92.7 cm³/mol. The fraction of sp³-hybridized carbons (Fsp3) is 0. The highest BCUT2D eigenvalue weighted by Crippen LogP contribution is 2.36. The molecule has 2 aromatic carbocycles. The highest BCUT2D eigenvalue weighted by atomic mass is 35.5. The third-order valence-corrected chi connectivity index (χ3v) is 6.44. The molecule has 3 aromatic rings. The third-order valence-electron chi connectivity index (χ3n) is 2.88. The molecular formula is C14H8ClF2N3O2S3. The van der Waals surface area contributed by atoms with Gasteiger partial charge in [-0.05, 0) is 30.3 Å². The molecule has 0 unspecified atom stereocenters. The Morgan fingerprint density at radius 2 is 2.00 bits per heavy atom. The Bertz CT molecular complexity index is 1010. The molecule has 0 aliphatic heterocycles. The van der Waals surface area contributed by atoms with E-state index < -0.39 is 26.6 Å². The van der Waals surface area contributed by atoms with Gasteiger partial charge in [-0.15, -0.1) is 10.2 Å². The van der Waals surface area contributed by atoms with Gasteiger partial charge in [0.15, 0.2) is 0 Å². The summed E-state index contributed by atoms with van der Waals surface area (Å²) in [6.45, 7) is 0. The van der Waals surface area contributed by atoms with E-state index in [1.807, 2.05) is 0 Å². The SMILES string of the molecule is O=S(=O)(Nc1nncs1)c1cc(Cl)c(Sc2cccc(F)c2)cc1F. The molecule has 1 heterocycles. The molecule has 3 rings (SSSR count). The summed E-state index contributed by atoms with van der Waals surface area (Å²) >= 11 is 8.05. The molecule has 0 spiro atoms. The van der Waals surface area contributed by atoms with Gasteiger partial charge in [0.1, 0.15) is 22.0 Å². The number of nitrogens with zero attached hydrogens (tertiary/aromatic N) is 2. The van der Waals surface area contributed by atoms with E-state index in [1.54, 1.807) is 6.07 Å². The lowest BCUT2D eigenvalue weighted by Crippen LogP contribution is -2.14. The summed E-state index contributed by atoms with van der Waals surface area (Å²) in [6.07, 6.45) is 0. The second kappa shape index (κ2) is 7.24. The van der Waals surface area contributed by atoms with Crippen LogP contribution in [0.25, 0.3) is 0 Å². The highest BCUT2D eigenvalue weighted by molar-refractivity contribution is 7.99. The Balaban J connectivity index is 1.92. The van der Waals surface area contributed by atoms with Gasteiger partial charge in [-0.3, -0.25) is 4.72 Å². The molecule has 1 aromatic heterocycles. The first kappa shape index (κ1) is 18.1. The molecule has 11 heteroatoms. The molecule has 0 atom stereocenters. The van der Waals surface area contributed by atoms with Gasteiger partial charge < -0.3 is 0 Å². The zero-order chi connectivity index (χ0) is 18.0. The van der Waals surface area contributed by atoms with Crippen molar-refractivity contribution in [3.8, 4) is 0 Å². The molecule has 0 fully saturated rings. The van der Waals surface area contributed by atoms with Gasteiger partial charge in [0.2, 0.25) is 5.13 Å². The van der Waals surface area contributed by atoms with Crippen molar-refractivity contribution >= 4 is 49.9 Å². The minimum Gasteiger partial charge on any atom is -0.253 e. The number of nitrogens with one attached hydrogen (secondary N) is 1. The molecule has 0 saturated carbocycles. The van der Waals surface area contributed by atoms with Gasteiger partial charge in [0.25, 0.3) is 10.0 Å². The van der Waals surface area contributed by atoms with Crippen LogP contribution in [0.4, 0.5) is 13.9 Å². The predicted octanol–water partition coefficient (Wildman–Crippen LogP) is 4.42. The first-order valence-corrected chi connectivity index (χ1v) is 10.1. The van der Waals surface area contributed by atoms with Gasteiger partial charge in [-0.1, -0.05) is 40.8 Å². The van der Waals surface area contributed by atoms with Crippen LogP contribution in [0, 0.1) is 11.6 Å². The van der Waals surface area contributed by atoms with E-state index in [0.29, 0.717) is 4.90 Å². The Labute approximate surface area is 155 Å². The van der Waals surface area contributed by atoms with E-state index in [1.165, 1.54) is 23.7 Å². The molecule has 0 amide bonds. The summed E-state index contributed by atoms with van der Waals surface area (Å²) in [7, 11) is -4.20. The van der Waals surface area contributed by atoms with Crippen LogP contribution in [0.3, 0.4) is 0 Å². The van der Waals surface area contributed by atoms with E-state index in [-0.39, 0.29) is 15.0 Å². The van der Waals surface area contributed by atoms with Crippen LogP contribution in [-0.4, -0.2) is 18.6 Å². The maximum Gasteiger partial charge on any atom is 0.266 e. The molecular weight excluding hydrogens is 412 g/mol. The lowest BCUT2D eigenvalue weighted by Gasteiger charge is -2.10. The van der Waals surface area contributed by atoms with Crippen LogP contribution in [0.5, 0.6) is 0 Å². The van der Waals surface area contributed by atoms with Crippen molar-refractivity contribution in [3.05, 3.63) is 58.6 Å². The van der Waals surface area contributed by atoms with Crippen molar-refractivity contribution < 1.29 is 17.2 Å². The van der Waals surface area contributed by atoms with E-state index >= 15 is 0 Å². The fourth-order valence-corrected chi connectivity index (χ4v) is 4.85. The van der Waals surface area contributed by atoms with Crippen molar-refractivity contribution in [1.82, 2.24) is 10.2 Å². The van der Waals surface area contributed by atoms with Crippen LogP contribution >= 0.6 is 34.7 Å². The van der Waals surface area contributed by atoms with E-state index in [4.69, 9.17) is 11.6 Å². The molecule has 5 nitrogen and oxygen atoms in total. The van der Waals surface area contributed by atoms with Crippen LogP contribution in [0.2, 0.25) is 5.02 Å². The van der Waals surface area contributed by atoms with Gasteiger partial charge in [0, 0.05) is 9.79 Å². The second-order valence-corrected chi connectivity index (χ2v) is 8.63. The van der Waals surface area contributed by atoms with Crippen molar-refractivity contribution in [2.24, 2.45) is 0 Å². The van der Waals surface area contributed by atoms with Gasteiger partial charge in [0.05, 0.1) is 5.02 Å². The number of aromatic nitrogens is 2. The molecule has 0 bridgehead atoms. The summed E-state index contributed by atoms with van der Waals surface area (Å²) in [5.41, 5.74) is 1.33. The van der Waals surface area contributed by atoms with Crippen molar-refractivity contribution in [3.63, 3.8) is 0 Å². The molecule has 130 valence electrons. The minimum atomic E-state index is -4.20. The summed E-state index contributed by atoms with van der Waals surface area (Å²) in [6, 6.07) is 7.67. The number of rotatable bonds is 5. The molecule has 0 saturated heterocycles. The van der Waals surface area contributed by atoms with Crippen molar-refractivity contribution in [1.29, 1.82) is 0 Å². The highest BCUT2D eigenvalue weighted by Gasteiger charge is 2.23. The zero-order valence-electron chi connectivity index (χ0n) is 12.1. The Morgan fingerprint density at radius 3 is 2.68 bits per heavy atom. The molecule has 0 aliphatic carbocycles. The van der Waals surface area contributed by atoms with Crippen LogP contribution in [-0.2, 0) is 10.0 Å². The number of hydrogen-bond donors (Lipinski definition) is 1. The first-order chi connectivity index (χ1) is 11.8. The molecule has 1 N–H and O–H groups in total. The smallest absolute Gasteiger partial charge is 0.253 e. The summed E-state index contributed by atoms with van der Waals surface area (Å²) in [4.78, 5) is 0.153. The van der Waals surface area contributed by atoms with E-state index in [0.717, 1.165) is 35.2 Å². The average molecular weight is 420 g/mol. The summed E-state index contributed by atoms with van der Waals surface area (Å²) in [5, 5.41) is 7.07. The molecule has 0 radical (unpaired) electrons. The van der Waals surface area contributed by atoms with Gasteiger partial charge in [-0.25, -0.2) is 17.2 Å². The van der Waals surface area contributed by atoms with Crippen molar-refractivity contribution in [2.45, 2.75) is 14.7 Å². The van der Waals surface area contributed by atoms with E-state index in [9.17, 15) is 17.2 Å². The molecule has 25 heavy (non-hydrogen) atoms. The van der Waals surface area contributed by atoms with Crippen LogP contribution < -0.4 is 4.72 Å².